The van der Waals surface area contributed by atoms with E-state index in [0.29, 0.717) is 17.1 Å². The van der Waals surface area contributed by atoms with Crippen LogP contribution in [-0.2, 0) is 11.4 Å². The molecule has 11 nitrogen and oxygen atoms in total. The van der Waals surface area contributed by atoms with Gasteiger partial charge in [0.15, 0.2) is 11.5 Å². The lowest BCUT2D eigenvalue weighted by Gasteiger charge is -2.11. The average molecular weight is 442 g/mol. The van der Waals surface area contributed by atoms with Crippen LogP contribution in [0.15, 0.2) is 57.2 Å². The van der Waals surface area contributed by atoms with E-state index in [9.17, 15) is 18.8 Å². The molecule has 3 rings (SSSR count). The maximum atomic E-state index is 13.0. The van der Waals surface area contributed by atoms with E-state index in [1.807, 2.05) is 10.1 Å². The zero-order chi connectivity index (χ0) is 22.9. The largest absolute Gasteiger partial charge is 0.493 e. The van der Waals surface area contributed by atoms with Crippen molar-refractivity contribution in [3.63, 3.8) is 0 Å². The van der Waals surface area contributed by atoms with E-state index in [1.165, 1.54) is 25.5 Å². The van der Waals surface area contributed by atoms with Crippen molar-refractivity contribution in [3.05, 3.63) is 80.2 Å². The number of halogens is 1. The molecule has 4 N–H and O–H groups in total. The van der Waals surface area contributed by atoms with Crippen molar-refractivity contribution in [2.24, 2.45) is 5.10 Å². The van der Waals surface area contributed by atoms with Crippen molar-refractivity contribution in [3.8, 4) is 11.5 Å². The Morgan fingerprint density at radius 2 is 1.97 bits per heavy atom. The quantitative estimate of drug-likeness (QED) is 0.282. The molecular weight excluding hydrogens is 423 g/mol. The molecule has 0 atom stereocenters. The van der Waals surface area contributed by atoms with Gasteiger partial charge in [0.2, 0.25) is 5.82 Å². The first kappa shape index (κ1) is 22.2. The van der Waals surface area contributed by atoms with Crippen molar-refractivity contribution >= 4 is 17.9 Å². The Bertz CT molecular complexity index is 1220. The highest BCUT2D eigenvalue weighted by Crippen LogP contribution is 2.28. The number of anilines is 1. The number of nitrogens with zero attached hydrogens (tertiary/aromatic N) is 2. The Hall–Kier alpha value is -4.48. The van der Waals surface area contributed by atoms with Gasteiger partial charge in [0.05, 0.1) is 19.9 Å². The molecule has 1 heterocycles. The van der Waals surface area contributed by atoms with Crippen LogP contribution < -0.4 is 31.5 Å². The zero-order valence-electron chi connectivity index (χ0n) is 16.8. The second-order valence-corrected chi connectivity index (χ2v) is 6.33. The third-order valence-corrected chi connectivity index (χ3v) is 4.03. The lowest BCUT2D eigenvalue weighted by Crippen LogP contribution is -2.31. The molecule has 3 aromatic rings. The van der Waals surface area contributed by atoms with Crippen LogP contribution in [0, 0.1) is 5.82 Å². The topological polar surface area (TPSA) is 151 Å². The third kappa shape index (κ3) is 6.26. The summed E-state index contributed by atoms with van der Waals surface area (Å²) < 4.78 is 24.0. The fraction of sp³-hybridized carbons (Fsp3) is 0.150. The smallest absolute Gasteiger partial charge is 0.342 e. The van der Waals surface area contributed by atoms with Crippen molar-refractivity contribution < 1.29 is 18.7 Å². The molecule has 0 unspecified atom stereocenters. The summed E-state index contributed by atoms with van der Waals surface area (Å²) in [5, 5.41) is 11.8. The Kier molecular flexibility index (Phi) is 7.30. The molecule has 0 radical (unpaired) electrons. The van der Waals surface area contributed by atoms with E-state index >= 15 is 0 Å². The molecule has 32 heavy (non-hydrogen) atoms. The Morgan fingerprint density at radius 1 is 1.19 bits per heavy atom. The van der Waals surface area contributed by atoms with Crippen LogP contribution in [0.3, 0.4) is 0 Å². The van der Waals surface area contributed by atoms with Gasteiger partial charge in [-0.15, -0.1) is 5.10 Å². The number of hydrazone groups is 1. The van der Waals surface area contributed by atoms with E-state index in [1.54, 1.807) is 30.3 Å². The number of amides is 1. The molecule has 0 fully saturated rings. The maximum Gasteiger partial charge on any atom is 0.342 e. The van der Waals surface area contributed by atoms with Gasteiger partial charge < -0.3 is 14.8 Å². The van der Waals surface area contributed by atoms with E-state index in [2.05, 4.69) is 20.9 Å². The molecule has 1 aromatic heterocycles. The minimum absolute atomic E-state index is 0.204. The van der Waals surface area contributed by atoms with Gasteiger partial charge in [-0.1, -0.05) is 12.1 Å². The van der Waals surface area contributed by atoms with Crippen molar-refractivity contribution in [1.29, 1.82) is 0 Å². The predicted molar refractivity (Wildman–Crippen MR) is 113 cm³/mol. The van der Waals surface area contributed by atoms with Crippen LogP contribution in [0.2, 0.25) is 0 Å². The standard InChI is InChI=1S/C20H19FN6O5/c1-31-16-8-13(4-7-15(16)32-11-12-2-5-14(21)6-3-12)9-23-25-17(28)10-22-18-19(29)24-20(30)27-26-18/h2-9H,10-11H2,1H3,(H,22,26)(H,25,28)(H2,24,27,29,30)/b23-9+. The van der Waals surface area contributed by atoms with Gasteiger partial charge in [0, 0.05) is 0 Å². The molecule has 12 heteroatoms. The summed E-state index contributed by atoms with van der Waals surface area (Å²) in [6, 6.07) is 11.0. The first-order valence-electron chi connectivity index (χ1n) is 9.24. The number of carbonyl (C=O) groups is 1. The van der Waals surface area contributed by atoms with Gasteiger partial charge in [-0.05, 0) is 41.5 Å². The van der Waals surface area contributed by atoms with Crippen molar-refractivity contribution in [1.82, 2.24) is 20.6 Å². The van der Waals surface area contributed by atoms with Crippen LogP contribution in [0.1, 0.15) is 11.1 Å². The molecule has 2 aromatic carbocycles. The molecule has 0 aliphatic heterocycles. The molecule has 0 saturated carbocycles. The first-order valence-corrected chi connectivity index (χ1v) is 9.24. The Balaban J connectivity index is 1.53. The van der Waals surface area contributed by atoms with E-state index in [0.717, 1.165) is 5.56 Å². The van der Waals surface area contributed by atoms with Crippen molar-refractivity contribution in [2.75, 3.05) is 19.0 Å². The van der Waals surface area contributed by atoms with Gasteiger partial charge in [-0.25, -0.2) is 19.7 Å². The fourth-order valence-corrected chi connectivity index (χ4v) is 2.48. The summed E-state index contributed by atoms with van der Waals surface area (Å²) in [4.78, 5) is 36.2. The van der Waals surface area contributed by atoms with Crippen LogP contribution in [0.4, 0.5) is 10.2 Å². The number of rotatable bonds is 9. The van der Waals surface area contributed by atoms with Crippen LogP contribution in [0.25, 0.3) is 0 Å². The minimum atomic E-state index is -0.753. The number of benzene rings is 2. The molecule has 1 amide bonds. The number of ether oxygens (including phenoxy) is 2. The molecule has 0 bridgehead atoms. The molecule has 0 saturated heterocycles. The highest BCUT2D eigenvalue weighted by atomic mass is 19.1. The number of methoxy groups -OCH3 is 1. The summed E-state index contributed by atoms with van der Waals surface area (Å²) in [7, 11) is 1.49. The fourth-order valence-electron chi connectivity index (χ4n) is 2.48. The average Bonchev–Trinajstić information content (AvgIpc) is 2.78. The normalized spacial score (nSPS) is 10.7. The second-order valence-electron chi connectivity index (χ2n) is 6.33. The minimum Gasteiger partial charge on any atom is -0.493 e. The number of nitrogens with one attached hydrogen (secondary N) is 4. The molecule has 0 aliphatic carbocycles. The SMILES string of the molecule is COc1cc(/C=N/NC(=O)CNc2n[nH]c(=O)[nH]c2=O)ccc1OCc1ccc(F)cc1. The summed E-state index contributed by atoms with van der Waals surface area (Å²) >= 11 is 0. The third-order valence-electron chi connectivity index (χ3n) is 4.03. The zero-order valence-corrected chi connectivity index (χ0v) is 16.8. The number of aromatic amines is 2. The molecular formula is C20H19FN6O5. The maximum absolute atomic E-state index is 13.0. The van der Waals surface area contributed by atoms with E-state index in [4.69, 9.17) is 9.47 Å². The van der Waals surface area contributed by atoms with Gasteiger partial charge >= 0.3 is 5.69 Å². The van der Waals surface area contributed by atoms with Crippen LogP contribution in [-0.4, -0.2) is 41.0 Å². The predicted octanol–water partition coefficient (Wildman–Crippen LogP) is 0.747. The van der Waals surface area contributed by atoms with Crippen LogP contribution in [0.5, 0.6) is 11.5 Å². The van der Waals surface area contributed by atoms with Gasteiger partial charge in [0.25, 0.3) is 11.5 Å². The number of hydrogen-bond donors (Lipinski definition) is 4. The number of carbonyl (C=O) groups excluding carboxylic acids is 1. The van der Waals surface area contributed by atoms with Gasteiger partial charge in [0.1, 0.15) is 12.4 Å². The van der Waals surface area contributed by atoms with E-state index in [-0.39, 0.29) is 24.8 Å². The summed E-state index contributed by atoms with van der Waals surface area (Å²) in [5.74, 6) is -0.127. The van der Waals surface area contributed by atoms with Gasteiger partial charge in [-0.3, -0.25) is 14.6 Å². The number of aromatic nitrogens is 3. The Labute approximate surface area is 180 Å². The summed E-state index contributed by atoms with van der Waals surface area (Å²) in [5.41, 5.74) is 2.21. The molecule has 0 spiro atoms. The number of H-pyrrole nitrogens is 2. The summed E-state index contributed by atoms with van der Waals surface area (Å²) in [6.45, 7) is -0.0565. The van der Waals surface area contributed by atoms with Crippen molar-refractivity contribution in [2.45, 2.75) is 6.61 Å². The number of hydrogen-bond acceptors (Lipinski definition) is 8. The van der Waals surface area contributed by atoms with Crippen LogP contribution >= 0.6 is 0 Å². The molecule has 0 aliphatic rings. The molecule has 166 valence electrons. The lowest BCUT2D eigenvalue weighted by molar-refractivity contribution is -0.119. The van der Waals surface area contributed by atoms with Gasteiger partial charge in [-0.2, -0.15) is 5.10 Å². The lowest BCUT2D eigenvalue weighted by atomic mass is 10.2. The summed E-state index contributed by atoms with van der Waals surface area (Å²) in [6.07, 6.45) is 1.40. The van der Waals surface area contributed by atoms with E-state index < -0.39 is 17.2 Å². The highest BCUT2D eigenvalue weighted by molar-refractivity contribution is 5.84. The monoisotopic (exact) mass is 442 g/mol. The Morgan fingerprint density at radius 3 is 2.69 bits per heavy atom. The first-order chi connectivity index (χ1) is 15.4. The second kappa shape index (κ2) is 10.5. The highest BCUT2D eigenvalue weighted by Gasteiger charge is 2.07.